The van der Waals surface area contributed by atoms with Crippen molar-refractivity contribution in [3.63, 3.8) is 0 Å². The molecule has 11 nitrogen and oxygen atoms in total. The van der Waals surface area contributed by atoms with Crippen molar-refractivity contribution in [2.45, 2.75) is 35.9 Å². The molecule has 3 aromatic rings. The number of sulfonamides is 1. The number of anilines is 1. The molecule has 0 aromatic heterocycles. The normalized spacial score (nSPS) is 22.4. The van der Waals surface area contributed by atoms with Crippen LogP contribution in [0.2, 0.25) is 0 Å². The molecule has 0 bridgehead atoms. The van der Waals surface area contributed by atoms with Crippen molar-refractivity contribution in [3.8, 4) is 11.5 Å². The zero-order valence-corrected chi connectivity index (χ0v) is 28.5. The Balaban J connectivity index is 1.54. The van der Waals surface area contributed by atoms with E-state index in [9.17, 15) is 13.2 Å². The van der Waals surface area contributed by atoms with Gasteiger partial charge in [0, 0.05) is 64.5 Å². The molecule has 12 heteroatoms. The van der Waals surface area contributed by atoms with Gasteiger partial charge in [-0.25, -0.2) is 12.7 Å². The fourth-order valence-electron chi connectivity index (χ4n) is 7.23. The van der Waals surface area contributed by atoms with Crippen molar-refractivity contribution in [1.82, 2.24) is 19.6 Å². The Bertz CT molecular complexity index is 1760. The topological polar surface area (TPSA) is 103 Å². The minimum atomic E-state index is -4.39. The van der Waals surface area contributed by atoms with E-state index < -0.39 is 27.5 Å². The van der Waals surface area contributed by atoms with Gasteiger partial charge < -0.3 is 19.3 Å². The Hall–Kier alpha value is -3.97. The molecule has 1 unspecified atom stereocenters. The van der Waals surface area contributed by atoms with Gasteiger partial charge in [-0.15, -0.1) is 0 Å². The first kappa shape index (κ1) is 33.0. The molecule has 0 spiro atoms. The van der Waals surface area contributed by atoms with Crippen molar-refractivity contribution in [2.75, 3.05) is 72.4 Å². The number of carbonyl (C=O) groups excluding carboxylic acids is 2. The van der Waals surface area contributed by atoms with Crippen molar-refractivity contribution < 1.29 is 27.5 Å². The number of methoxy groups -OCH3 is 2. The molecule has 3 aromatic carbocycles. The molecule has 3 aliphatic heterocycles. The van der Waals surface area contributed by atoms with Crippen LogP contribution in [0.1, 0.15) is 29.5 Å². The molecule has 2 amide bonds. The van der Waals surface area contributed by atoms with Crippen molar-refractivity contribution in [1.29, 1.82) is 0 Å². The average Bonchev–Trinajstić information content (AvgIpc) is 3.66. The number of likely N-dealkylation sites (tertiary alicyclic amines) is 1. The number of ether oxygens (including phenoxy) is 2. The second kappa shape index (κ2) is 12.9. The number of piperazine rings is 1. The summed E-state index contributed by atoms with van der Waals surface area (Å²) >= 11 is 0. The molecule has 6 rings (SSSR count). The van der Waals surface area contributed by atoms with E-state index in [-0.39, 0.29) is 16.5 Å². The highest BCUT2D eigenvalue weighted by atomic mass is 32.2. The summed E-state index contributed by atoms with van der Waals surface area (Å²) in [6.45, 7) is 4.97. The summed E-state index contributed by atoms with van der Waals surface area (Å²) in [5.41, 5.74) is 0.616. The van der Waals surface area contributed by atoms with Gasteiger partial charge in [0.2, 0.25) is 5.91 Å². The van der Waals surface area contributed by atoms with Crippen LogP contribution >= 0.6 is 0 Å². The van der Waals surface area contributed by atoms with Gasteiger partial charge in [0.1, 0.15) is 11.5 Å². The molecule has 3 aliphatic rings. The third-order valence-electron chi connectivity index (χ3n) is 9.67. The predicted octanol–water partition coefficient (Wildman–Crippen LogP) is 2.98. The Morgan fingerprint density at radius 1 is 0.915 bits per heavy atom. The SMILES string of the molecule is COc1ccc(S(=O)(=O)N2C(=O)[C@](c3ccc(CN4CCN(C)CC4)cc3OC)(N3CCCC3C(=O)N(C)C)c3ccccc32)cc1. The molecule has 0 aliphatic carbocycles. The summed E-state index contributed by atoms with van der Waals surface area (Å²) in [4.78, 5) is 37.1. The maximum absolute atomic E-state index is 15.3. The van der Waals surface area contributed by atoms with Gasteiger partial charge in [0.05, 0.1) is 30.8 Å². The standard InChI is InChI=1S/C35H43N5O6S/c1-36(2)33(41)31-11-8-18-39(31)35(29-17-12-25(23-32(29)46-5)24-38-21-19-37(3)20-22-38)28-9-6-7-10-30(28)40(34(35)42)47(43,44)27-15-13-26(45-4)14-16-27/h6-7,9-10,12-17,23,31H,8,11,18-22,24H2,1-5H3/t31?,35-/m0/s1. The van der Waals surface area contributed by atoms with Gasteiger partial charge in [-0.1, -0.05) is 30.3 Å². The maximum Gasteiger partial charge on any atom is 0.271 e. The van der Waals surface area contributed by atoms with Crippen LogP contribution in [0.5, 0.6) is 11.5 Å². The van der Waals surface area contributed by atoms with E-state index in [4.69, 9.17) is 9.47 Å². The third-order valence-corrected chi connectivity index (χ3v) is 11.4. The highest BCUT2D eigenvalue weighted by Gasteiger charge is 2.62. The van der Waals surface area contributed by atoms with Crippen LogP contribution in [-0.4, -0.2) is 114 Å². The third kappa shape index (κ3) is 5.56. The lowest BCUT2D eigenvalue weighted by atomic mass is 9.80. The molecule has 2 atom stereocenters. The Morgan fingerprint density at radius 3 is 2.28 bits per heavy atom. The van der Waals surface area contributed by atoms with Crippen LogP contribution in [0.25, 0.3) is 0 Å². The number of fused-ring (bicyclic) bond motifs is 1. The Labute approximate surface area is 277 Å². The number of hydrogen-bond donors (Lipinski definition) is 0. The van der Waals surface area contributed by atoms with Crippen LogP contribution < -0.4 is 13.8 Å². The zero-order chi connectivity index (χ0) is 33.5. The minimum absolute atomic E-state index is 0.0471. The summed E-state index contributed by atoms with van der Waals surface area (Å²) in [5.74, 6) is 0.147. The fourth-order valence-corrected chi connectivity index (χ4v) is 8.69. The van der Waals surface area contributed by atoms with E-state index in [0.717, 1.165) is 36.0 Å². The van der Waals surface area contributed by atoms with Gasteiger partial charge in [-0.2, -0.15) is 0 Å². The molecule has 2 saturated heterocycles. The number of nitrogens with zero attached hydrogens (tertiary/aromatic N) is 5. The number of benzene rings is 3. The number of carbonyl (C=O) groups is 2. The van der Waals surface area contributed by atoms with E-state index in [1.165, 1.54) is 24.1 Å². The average molecular weight is 662 g/mol. The lowest BCUT2D eigenvalue weighted by molar-refractivity contribution is -0.138. The second-order valence-corrected chi connectivity index (χ2v) is 14.5. The second-order valence-electron chi connectivity index (χ2n) is 12.7. The van der Waals surface area contributed by atoms with Crippen LogP contribution in [0, 0.1) is 0 Å². The molecule has 2 fully saturated rings. The predicted molar refractivity (Wildman–Crippen MR) is 179 cm³/mol. The molecule has 250 valence electrons. The fraction of sp³-hybridized carbons (Fsp3) is 0.429. The first-order valence-electron chi connectivity index (χ1n) is 15.9. The van der Waals surface area contributed by atoms with E-state index in [0.29, 0.717) is 48.6 Å². The number of likely N-dealkylation sites (N-methyl/N-ethyl adjacent to an activating group) is 2. The van der Waals surface area contributed by atoms with E-state index in [1.54, 1.807) is 57.6 Å². The van der Waals surface area contributed by atoms with E-state index >= 15 is 4.79 Å². The quantitative estimate of drug-likeness (QED) is 0.343. The molecular formula is C35H43N5O6S. The van der Waals surface area contributed by atoms with Crippen molar-refractivity contribution >= 4 is 27.5 Å². The smallest absolute Gasteiger partial charge is 0.271 e. The molecule has 0 saturated carbocycles. The number of hydrogen-bond acceptors (Lipinski definition) is 9. The molecule has 3 heterocycles. The van der Waals surface area contributed by atoms with Gasteiger partial charge in [-0.05, 0) is 61.9 Å². The van der Waals surface area contributed by atoms with E-state index in [2.05, 4.69) is 16.8 Å². The van der Waals surface area contributed by atoms with E-state index in [1.807, 2.05) is 23.1 Å². The molecule has 0 N–H and O–H groups in total. The largest absolute Gasteiger partial charge is 0.497 e. The van der Waals surface area contributed by atoms with Crippen LogP contribution in [0.3, 0.4) is 0 Å². The summed E-state index contributed by atoms with van der Waals surface area (Å²) in [5, 5.41) is 0. The lowest BCUT2D eigenvalue weighted by Crippen LogP contribution is -2.59. The van der Waals surface area contributed by atoms with Gasteiger partial charge in [-0.3, -0.25) is 19.4 Å². The van der Waals surface area contributed by atoms with Crippen LogP contribution in [-0.2, 0) is 31.7 Å². The monoisotopic (exact) mass is 661 g/mol. The van der Waals surface area contributed by atoms with Crippen molar-refractivity contribution in [3.05, 3.63) is 83.4 Å². The van der Waals surface area contributed by atoms with Crippen LogP contribution in [0.4, 0.5) is 5.69 Å². The molecular weight excluding hydrogens is 618 g/mol. The van der Waals surface area contributed by atoms with Crippen LogP contribution in [0.15, 0.2) is 71.6 Å². The van der Waals surface area contributed by atoms with Gasteiger partial charge in [0.25, 0.3) is 15.9 Å². The van der Waals surface area contributed by atoms with Crippen molar-refractivity contribution in [2.24, 2.45) is 0 Å². The Kier molecular flexibility index (Phi) is 9.05. The maximum atomic E-state index is 15.3. The number of rotatable bonds is 9. The lowest BCUT2D eigenvalue weighted by Gasteiger charge is -2.42. The summed E-state index contributed by atoms with van der Waals surface area (Å²) < 4.78 is 41.1. The summed E-state index contributed by atoms with van der Waals surface area (Å²) in [7, 11) is 4.20. The van der Waals surface area contributed by atoms with Gasteiger partial charge in [0.15, 0.2) is 5.54 Å². The molecule has 47 heavy (non-hydrogen) atoms. The summed E-state index contributed by atoms with van der Waals surface area (Å²) in [6, 6.07) is 18.1. The molecule has 0 radical (unpaired) electrons. The first-order chi connectivity index (χ1) is 22.5. The number of amides is 2. The Morgan fingerprint density at radius 2 is 1.62 bits per heavy atom. The first-order valence-corrected chi connectivity index (χ1v) is 17.4. The number of para-hydroxylation sites is 1. The summed E-state index contributed by atoms with van der Waals surface area (Å²) in [6.07, 6.45) is 1.19. The highest BCUT2D eigenvalue weighted by Crippen LogP contribution is 2.54. The zero-order valence-electron chi connectivity index (χ0n) is 27.7. The van der Waals surface area contributed by atoms with Gasteiger partial charge >= 0.3 is 0 Å². The highest BCUT2D eigenvalue weighted by molar-refractivity contribution is 7.93. The minimum Gasteiger partial charge on any atom is -0.497 e.